The summed E-state index contributed by atoms with van der Waals surface area (Å²) in [5, 5.41) is 0. The maximum atomic E-state index is 5.78. The minimum Gasteiger partial charge on any atom is -0.492 e. The first kappa shape index (κ1) is 14.9. The standard InChI is InChI=1S/C16H24BrNO/c1-13-3-7-15(8-4-13)18(2)11-12-19-16-9-5-14(17)6-10-16/h5-6,9-10,13,15H,3-4,7-8,11-12H2,1-2H3. The van der Waals surface area contributed by atoms with E-state index in [2.05, 4.69) is 34.8 Å². The van der Waals surface area contributed by atoms with E-state index in [-0.39, 0.29) is 0 Å². The van der Waals surface area contributed by atoms with Crippen molar-refractivity contribution in [2.45, 2.75) is 38.6 Å². The zero-order valence-corrected chi connectivity index (χ0v) is 13.5. The highest BCUT2D eigenvalue weighted by molar-refractivity contribution is 9.10. The highest BCUT2D eigenvalue weighted by atomic mass is 79.9. The second-order valence-corrected chi connectivity index (χ2v) is 6.61. The molecule has 0 aromatic heterocycles. The number of likely N-dealkylation sites (N-methyl/N-ethyl adjacent to an activating group) is 1. The quantitative estimate of drug-likeness (QED) is 0.798. The number of halogens is 1. The molecule has 0 bridgehead atoms. The minimum atomic E-state index is 0.754. The third kappa shape index (κ3) is 4.81. The van der Waals surface area contributed by atoms with Crippen molar-refractivity contribution >= 4 is 15.9 Å². The molecule has 3 heteroatoms. The molecule has 1 aromatic carbocycles. The van der Waals surface area contributed by atoms with Crippen molar-refractivity contribution in [3.05, 3.63) is 28.7 Å². The highest BCUT2D eigenvalue weighted by Gasteiger charge is 2.21. The third-order valence-corrected chi connectivity index (χ3v) is 4.66. The summed E-state index contributed by atoms with van der Waals surface area (Å²) in [6.07, 6.45) is 5.44. The fourth-order valence-corrected chi connectivity index (χ4v) is 2.97. The fraction of sp³-hybridized carbons (Fsp3) is 0.625. The molecule has 0 unspecified atom stereocenters. The highest BCUT2D eigenvalue weighted by Crippen LogP contribution is 2.26. The molecule has 0 amide bonds. The maximum Gasteiger partial charge on any atom is 0.119 e. The molecule has 1 fully saturated rings. The second kappa shape index (κ2) is 7.30. The van der Waals surface area contributed by atoms with E-state index in [0.717, 1.165) is 35.3 Å². The van der Waals surface area contributed by atoms with Crippen LogP contribution < -0.4 is 4.74 Å². The van der Waals surface area contributed by atoms with Crippen molar-refractivity contribution in [3.63, 3.8) is 0 Å². The lowest BCUT2D eigenvalue weighted by atomic mass is 9.87. The average molecular weight is 326 g/mol. The van der Waals surface area contributed by atoms with Gasteiger partial charge < -0.3 is 9.64 Å². The van der Waals surface area contributed by atoms with Crippen LogP contribution in [0.3, 0.4) is 0 Å². The van der Waals surface area contributed by atoms with Crippen molar-refractivity contribution in [1.82, 2.24) is 4.90 Å². The van der Waals surface area contributed by atoms with Crippen molar-refractivity contribution in [3.8, 4) is 5.75 Å². The number of hydrogen-bond acceptors (Lipinski definition) is 2. The van der Waals surface area contributed by atoms with Crippen LogP contribution in [0.15, 0.2) is 28.7 Å². The monoisotopic (exact) mass is 325 g/mol. The molecule has 1 aliphatic carbocycles. The zero-order valence-electron chi connectivity index (χ0n) is 11.9. The molecule has 2 nitrogen and oxygen atoms in total. The summed E-state index contributed by atoms with van der Waals surface area (Å²) in [5.74, 6) is 1.87. The van der Waals surface area contributed by atoms with E-state index in [9.17, 15) is 0 Å². The van der Waals surface area contributed by atoms with Gasteiger partial charge in [0.2, 0.25) is 0 Å². The minimum absolute atomic E-state index is 0.754. The van der Waals surface area contributed by atoms with Gasteiger partial charge in [0.25, 0.3) is 0 Å². The summed E-state index contributed by atoms with van der Waals surface area (Å²) < 4.78 is 6.87. The molecule has 0 spiro atoms. The maximum absolute atomic E-state index is 5.78. The Morgan fingerprint density at radius 1 is 1.16 bits per heavy atom. The second-order valence-electron chi connectivity index (χ2n) is 5.70. The summed E-state index contributed by atoms with van der Waals surface area (Å²) in [4.78, 5) is 2.46. The van der Waals surface area contributed by atoms with Gasteiger partial charge in [-0.15, -0.1) is 0 Å². The lowest BCUT2D eigenvalue weighted by Crippen LogP contribution is -2.37. The molecular weight excluding hydrogens is 302 g/mol. The van der Waals surface area contributed by atoms with Crippen molar-refractivity contribution in [1.29, 1.82) is 0 Å². The SMILES string of the molecule is CC1CCC(N(C)CCOc2ccc(Br)cc2)CC1. The molecular formula is C16H24BrNO. The Bertz CT molecular complexity index is 371. The number of ether oxygens (including phenoxy) is 1. The van der Waals surface area contributed by atoms with E-state index in [0.29, 0.717) is 0 Å². The van der Waals surface area contributed by atoms with Crippen LogP contribution >= 0.6 is 15.9 Å². The topological polar surface area (TPSA) is 12.5 Å². The molecule has 1 aromatic rings. The van der Waals surface area contributed by atoms with Crippen LogP contribution in [-0.4, -0.2) is 31.1 Å². The number of nitrogens with zero attached hydrogens (tertiary/aromatic N) is 1. The van der Waals surface area contributed by atoms with Crippen LogP contribution in [0.4, 0.5) is 0 Å². The summed E-state index contributed by atoms with van der Waals surface area (Å²) in [6, 6.07) is 8.80. The van der Waals surface area contributed by atoms with Gasteiger partial charge in [-0.2, -0.15) is 0 Å². The Morgan fingerprint density at radius 2 is 1.79 bits per heavy atom. The summed E-state index contributed by atoms with van der Waals surface area (Å²) in [6.45, 7) is 4.15. The van der Waals surface area contributed by atoms with Gasteiger partial charge in [0.15, 0.2) is 0 Å². The fourth-order valence-electron chi connectivity index (χ4n) is 2.70. The van der Waals surface area contributed by atoms with Gasteiger partial charge >= 0.3 is 0 Å². The Hall–Kier alpha value is -0.540. The van der Waals surface area contributed by atoms with Crippen molar-refractivity contribution in [2.24, 2.45) is 5.92 Å². The lowest BCUT2D eigenvalue weighted by Gasteiger charge is -2.33. The number of rotatable bonds is 5. The van der Waals surface area contributed by atoms with Crippen LogP contribution in [-0.2, 0) is 0 Å². The van der Waals surface area contributed by atoms with Crippen LogP contribution in [0, 0.1) is 5.92 Å². The number of benzene rings is 1. The Kier molecular flexibility index (Phi) is 5.71. The zero-order chi connectivity index (χ0) is 13.7. The molecule has 0 atom stereocenters. The lowest BCUT2D eigenvalue weighted by molar-refractivity contribution is 0.145. The number of hydrogen-bond donors (Lipinski definition) is 0. The van der Waals surface area contributed by atoms with Gasteiger partial charge in [-0.3, -0.25) is 0 Å². The van der Waals surface area contributed by atoms with Crippen LogP contribution in [0.2, 0.25) is 0 Å². The largest absolute Gasteiger partial charge is 0.492 e. The van der Waals surface area contributed by atoms with E-state index < -0.39 is 0 Å². The normalized spacial score (nSPS) is 23.6. The van der Waals surface area contributed by atoms with Gasteiger partial charge in [0.05, 0.1) is 0 Å². The van der Waals surface area contributed by atoms with Gasteiger partial charge in [-0.05, 0) is 62.9 Å². The molecule has 0 aliphatic heterocycles. The van der Waals surface area contributed by atoms with Gasteiger partial charge in [0, 0.05) is 17.1 Å². The van der Waals surface area contributed by atoms with Crippen molar-refractivity contribution in [2.75, 3.05) is 20.2 Å². The van der Waals surface area contributed by atoms with Gasteiger partial charge in [-0.25, -0.2) is 0 Å². The van der Waals surface area contributed by atoms with E-state index >= 15 is 0 Å². The summed E-state index contributed by atoms with van der Waals surface area (Å²) >= 11 is 3.43. The van der Waals surface area contributed by atoms with E-state index in [1.54, 1.807) is 0 Å². The molecule has 19 heavy (non-hydrogen) atoms. The molecule has 0 radical (unpaired) electrons. The molecule has 1 saturated carbocycles. The Morgan fingerprint density at radius 3 is 2.42 bits per heavy atom. The molecule has 2 rings (SSSR count). The average Bonchev–Trinajstić information content (AvgIpc) is 2.41. The Balaban J connectivity index is 1.69. The Labute approximate surface area is 125 Å². The smallest absolute Gasteiger partial charge is 0.119 e. The summed E-state index contributed by atoms with van der Waals surface area (Å²) in [7, 11) is 2.23. The van der Waals surface area contributed by atoms with Crippen LogP contribution in [0.1, 0.15) is 32.6 Å². The first-order chi connectivity index (χ1) is 9.15. The van der Waals surface area contributed by atoms with Gasteiger partial charge in [-0.1, -0.05) is 22.9 Å². The molecule has 0 saturated heterocycles. The first-order valence-corrected chi connectivity index (χ1v) is 8.03. The van der Waals surface area contributed by atoms with E-state index in [4.69, 9.17) is 4.74 Å². The molecule has 0 heterocycles. The van der Waals surface area contributed by atoms with Crippen molar-refractivity contribution < 1.29 is 4.74 Å². The predicted molar refractivity (Wildman–Crippen MR) is 83.7 cm³/mol. The predicted octanol–water partition coefficient (Wildman–Crippen LogP) is 4.34. The molecule has 0 N–H and O–H groups in total. The van der Waals surface area contributed by atoms with E-state index in [1.807, 2.05) is 24.3 Å². The van der Waals surface area contributed by atoms with Gasteiger partial charge in [0.1, 0.15) is 12.4 Å². The molecule has 106 valence electrons. The van der Waals surface area contributed by atoms with Crippen LogP contribution in [0.25, 0.3) is 0 Å². The molecule has 1 aliphatic rings. The van der Waals surface area contributed by atoms with E-state index in [1.165, 1.54) is 25.7 Å². The first-order valence-electron chi connectivity index (χ1n) is 7.24. The third-order valence-electron chi connectivity index (χ3n) is 4.14. The summed E-state index contributed by atoms with van der Waals surface area (Å²) in [5.41, 5.74) is 0. The van der Waals surface area contributed by atoms with Crippen LogP contribution in [0.5, 0.6) is 5.75 Å².